The molecule has 1 aromatic carbocycles. The fraction of sp³-hybridized carbons (Fsp3) is 0.647. The number of rotatable bonds is 5. The third-order valence-electron chi connectivity index (χ3n) is 3.81. The molecule has 1 saturated heterocycles. The second-order valence-corrected chi connectivity index (χ2v) is 6.16. The van der Waals surface area contributed by atoms with Crippen molar-refractivity contribution in [1.29, 1.82) is 0 Å². The van der Waals surface area contributed by atoms with Crippen LogP contribution in [0.3, 0.4) is 0 Å². The van der Waals surface area contributed by atoms with Gasteiger partial charge in [0, 0.05) is 19.1 Å². The summed E-state index contributed by atoms with van der Waals surface area (Å²) in [5.41, 5.74) is 2.65. The van der Waals surface area contributed by atoms with Gasteiger partial charge in [0.05, 0.1) is 6.10 Å². The Labute approximate surface area is 117 Å². The summed E-state index contributed by atoms with van der Waals surface area (Å²) < 4.78 is 6.03. The zero-order valence-electron chi connectivity index (χ0n) is 12.5. The minimum absolute atomic E-state index is 0.272. The molecule has 2 nitrogen and oxygen atoms in total. The Morgan fingerprint density at radius 2 is 2.00 bits per heavy atom. The molecule has 2 heteroatoms. The van der Waals surface area contributed by atoms with E-state index in [1.54, 1.807) is 0 Å². The Kier molecular flexibility index (Phi) is 5.41. The minimum Gasteiger partial charge on any atom is -0.373 e. The SMILES string of the molecule is Cc1ccc(C2OCCCC2CNCC(C)C)cc1. The number of ether oxygens (including phenoxy) is 1. The topological polar surface area (TPSA) is 21.3 Å². The molecule has 0 bridgehead atoms. The summed E-state index contributed by atoms with van der Waals surface area (Å²) in [6, 6.07) is 8.82. The lowest BCUT2D eigenvalue weighted by Crippen LogP contribution is -2.33. The molecule has 2 rings (SSSR count). The van der Waals surface area contributed by atoms with Crippen molar-refractivity contribution in [2.24, 2.45) is 11.8 Å². The van der Waals surface area contributed by atoms with E-state index in [0.717, 1.165) is 19.7 Å². The van der Waals surface area contributed by atoms with Crippen molar-refractivity contribution in [3.63, 3.8) is 0 Å². The van der Waals surface area contributed by atoms with Gasteiger partial charge in [0.25, 0.3) is 0 Å². The van der Waals surface area contributed by atoms with Gasteiger partial charge in [-0.3, -0.25) is 0 Å². The van der Waals surface area contributed by atoms with Gasteiger partial charge in [0.2, 0.25) is 0 Å². The maximum Gasteiger partial charge on any atom is 0.0865 e. The van der Waals surface area contributed by atoms with Crippen LogP contribution >= 0.6 is 0 Å². The van der Waals surface area contributed by atoms with E-state index in [2.05, 4.69) is 50.4 Å². The van der Waals surface area contributed by atoms with E-state index in [9.17, 15) is 0 Å². The highest BCUT2D eigenvalue weighted by atomic mass is 16.5. The van der Waals surface area contributed by atoms with Crippen LogP contribution < -0.4 is 5.32 Å². The molecule has 0 amide bonds. The predicted octanol–water partition coefficient (Wildman–Crippen LogP) is 3.71. The highest BCUT2D eigenvalue weighted by Crippen LogP contribution is 2.33. The average Bonchev–Trinajstić information content (AvgIpc) is 2.40. The molecule has 1 N–H and O–H groups in total. The summed E-state index contributed by atoms with van der Waals surface area (Å²) in [4.78, 5) is 0. The molecule has 1 aromatic rings. The fourth-order valence-corrected chi connectivity index (χ4v) is 2.73. The van der Waals surface area contributed by atoms with E-state index in [-0.39, 0.29) is 6.10 Å². The summed E-state index contributed by atoms with van der Waals surface area (Å²) in [6.07, 6.45) is 2.73. The highest BCUT2D eigenvalue weighted by molar-refractivity contribution is 5.24. The number of benzene rings is 1. The Morgan fingerprint density at radius 1 is 1.26 bits per heavy atom. The molecule has 2 unspecified atom stereocenters. The van der Waals surface area contributed by atoms with Crippen LogP contribution in [0.1, 0.15) is 43.9 Å². The Bertz CT molecular complexity index is 371. The second-order valence-electron chi connectivity index (χ2n) is 6.16. The molecule has 0 aliphatic carbocycles. The van der Waals surface area contributed by atoms with Crippen molar-refractivity contribution < 1.29 is 4.74 Å². The van der Waals surface area contributed by atoms with Crippen LogP contribution in [-0.4, -0.2) is 19.7 Å². The van der Waals surface area contributed by atoms with Crippen LogP contribution in [0.4, 0.5) is 0 Å². The van der Waals surface area contributed by atoms with Gasteiger partial charge in [-0.1, -0.05) is 43.7 Å². The maximum atomic E-state index is 6.03. The van der Waals surface area contributed by atoms with Crippen molar-refractivity contribution in [3.8, 4) is 0 Å². The molecular formula is C17H27NO. The van der Waals surface area contributed by atoms with Crippen molar-refractivity contribution >= 4 is 0 Å². The molecule has 106 valence electrons. The number of aryl methyl sites for hydroxylation is 1. The predicted molar refractivity (Wildman–Crippen MR) is 80.3 cm³/mol. The highest BCUT2D eigenvalue weighted by Gasteiger charge is 2.26. The van der Waals surface area contributed by atoms with E-state index in [0.29, 0.717) is 11.8 Å². The van der Waals surface area contributed by atoms with Crippen LogP contribution in [0.25, 0.3) is 0 Å². The first-order chi connectivity index (χ1) is 9.16. The summed E-state index contributed by atoms with van der Waals surface area (Å²) >= 11 is 0. The zero-order chi connectivity index (χ0) is 13.7. The molecule has 0 radical (unpaired) electrons. The van der Waals surface area contributed by atoms with E-state index < -0.39 is 0 Å². The van der Waals surface area contributed by atoms with Crippen molar-refractivity contribution in [2.75, 3.05) is 19.7 Å². The molecule has 1 aliphatic rings. The standard InChI is InChI=1S/C17H27NO/c1-13(2)11-18-12-16-5-4-10-19-17(16)15-8-6-14(3)7-9-15/h6-9,13,16-18H,4-5,10-12H2,1-3H3. The molecule has 1 heterocycles. The third-order valence-corrected chi connectivity index (χ3v) is 3.81. The normalized spacial score (nSPS) is 23.8. The lowest BCUT2D eigenvalue weighted by molar-refractivity contribution is -0.0278. The molecule has 0 spiro atoms. The first-order valence-corrected chi connectivity index (χ1v) is 7.55. The van der Waals surface area contributed by atoms with Gasteiger partial charge in [-0.25, -0.2) is 0 Å². The van der Waals surface area contributed by atoms with Crippen LogP contribution in [0.5, 0.6) is 0 Å². The number of hydrogen-bond donors (Lipinski definition) is 1. The van der Waals surface area contributed by atoms with Gasteiger partial charge < -0.3 is 10.1 Å². The van der Waals surface area contributed by atoms with E-state index in [4.69, 9.17) is 4.74 Å². The summed E-state index contributed by atoms with van der Waals surface area (Å²) in [5.74, 6) is 1.32. The monoisotopic (exact) mass is 261 g/mol. The second kappa shape index (κ2) is 7.06. The van der Waals surface area contributed by atoms with Crippen LogP contribution in [0.15, 0.2) is 24.3 Å². The molecule has 0 aromatic heterocycles. The van der Waals surface area contributed by atoms with Gasteiger partial charge in [0.15, 0.2) is 0 Å². The van der Waals surface area contributed by atoms with Crippen molar-refractivity contribution in [3.05, 3.63) is 35.4 Å². The maximum absolute atomic E-state index is 6.03. The zero-order valence-corrected chi connectivity index (χ0v) is 12.5. The van der Waals surface area contributed by atoms with Gasteiger partial charge in [-0.2, -0.15) is 0 Å². The Hall–Kier alpha value is -0.860. The fourth-order valence-electron chi connectivity index (χ4n) is 2.73. The lowest BCUT2D eigenvalue weighted by Gasteiger charge is -2.32. The molecule has 19 heavy (non-hydrogen) atoms. The van der Waals surface area contributed by atoms with Gasteiger partial charge in [-0.05, 0) is 37.8 Å². The minimum atomic E-state index is 0.272. The Morgan fingerprint density at radius 3 is 2.68 bits per heavy atom. The van der Waals surface area contributed by atoms with Gasteiger partial charge >= 0.3 is 0 Å². The quantitative estimate of drug-likeness (QED) is 0.872. The largest absolute Gasteiger partial charge is 0.373 e. The number of nitrogens with one attached hydrogen (secondary N) is 1. The summed E-state index contributed by atoms with van der Waals surface area (Å²) in [5, 5.41) is 3.59. The van der Waals surface area contributed by atoms with Crippen molar-refractivity contribution in [1.82, 2.24) is 5.32 Å². The van der Waals surface area contributed by atoms with Crippen LogP contribution in [0, 0.1) is 18.8 Å². The Balaban J connectivity index is 1.97. The molecule has 1 fully saturated rings. The van der Waals surface area contributed by atoms with Crippen molar-refractivity contribution in [2.45, 2.75) is 39.7 Å². The molecular weight excluding hydrogens is 234 g/mol. The average molecular weight is 261 g/mol. The third kappa shape index (κ3) is 4.32. The van der Waals surface area contributed by atoms with E-state index in [1.807, 2.05) is 0 Å². The smallest absolute Gasteiger partial charge is 0.0865 e. The molecule has 1 aliphatic heterocycles. The van der Waals surface area contributed by atoms with E-state index in [1.165, 1.54) is 24.0 Å². The van der Waals surface area contributed by atoms with Crippen LogP contribution in [-0.2, 0) is 4.74 Å². The first-order valence-electron chi connectivity index (χ1n) is 7.55. The molecule has 0 saturated carbocycles. The lowest BCUT2D eigenvalue weighted by atomic mass is 9.89. The van der Waals surface area contributed by atoms with Gasteiger partial charge in [-0.15, -0.1) is 0 Å². The van der Waals surface area contributed by atoms with Crippen LogP contribution in [0.2, 0.25) is 0 Å². The summed E-state index contributed by atoms with van der Waals surface area (Å²) in [6.45, 7) is 9.70. The number of hydrogen-bond acceptors (Lipinski definition) is 2. The van der Waals surface area contributed by atoms with E-state index >= 15 is 0 Å². The molecule has 2 atom stereocenters. The summed E-state index contributed by atoms with van der Waals surface area (Å²) in [7, 11) is 0. The first kappa shape index (κ1) is 14.5. The van der Waals surface area contributed by atoms with Gasteiger partial charge in [0.1, 0.15) is 0 Å².